The Bertz CT molecular complexity index is 1070. The zero-order valence-electron chi connectivity index (χ0n) is 20.9. The number of ether oxygens (including phenoxy) is 2. The maximum absolute atomic E-state index is 8.94. The third kappa shape index (κ3) is 6.19. The van der Waals surface area contributed by atoms with Gasteiger partial charge in [-0.15, -0.1) is 0 Å². The summed E-state index contributed by atoms with van der Waals surface area (Å²) < 4.78 is 13.3. The quantitative estimate of drug-likeness (QED) is 0.508. The first-order valence-corrected chi connectivity index (χ1v) is 12.1. The Morgan fingerprint density at radius 2 is 1.62 bits per heavy atom. The molecule has 0 unspecified atom stereocenters. The maximum atomic E-state index is 8.94. The summed E-state index contributed by atoms with van der Waals surface area (Å²) in [5, 5.41) is 8.94. The molecule has 1 N–H and O–H groups in total. The Balaban J connectivity index is 1.53. The summed E-state index contributed by atoms with van der Waals surface area (Å²) in [6.45, 7) is 10.9. The minimum Gasteiger partial charge on any atom is -0.497 e. The molecule has 1 aliphatic heterocycles. The van der Waals surface area contributed by atoms with Gasteiger partial charge >= 0.3 is 0 Å². The van der Waals surface area contributed by atoms with Crippen molar-refractivity contribution in [2.24, 2.45) is 5.41 Å². The van der Waals surface area contributed by atoms with Gasteiger partial charge in [0.25, 0.3) is 0 Å². The molecule has 6 nitrogen and oxygen atoms in total. The molecule has 4 rings (SSSR count). The van der Waals surface area contributed by atoms with E-state index in [-0.39, 0.29) is 12.0 Å². The first-order valence-electron chi connectivity index (χ1n) is 12.1. The lowest BCUT2D eigenvalue weighted by Gasteiger charge is -2.30. The molecule has 0 amide bonds. The Kier molecular flexibility index (Phi) is 7.59. The van der Waals surface area contributed by atoms with Gasteiger partial charge < -0.3 is 19.1 Å². The SMILES string of the molecule is COc1ccc(Cc2nc(CC(C)(C)C)n3c2CN(Cc2ccc(OCCO)cc2)CC3)cc1. The summed E-state index contributed by atoms with van der Waals surface area (Å²) in [4.78, 5) is 7.66. The number of fused-ring (bicyclic) bond motifs is 1. The molecule has 34 heavy (non-hydrogen) atoms. The number of aromatic nitrogens is 2. The summed E-state index contributed by atoms with van der Waals surface area (Å²) in [5.41, 5.74) is 5.22. The number of methoxy groups -OCH3 is 1. The van der Waals surface area contributed by atoms with Gasteiger partial charge in [-0.1, -0.05) is 45.0 Å². The number of nitrogens with zero attached hydrogens (tertiary/aromatic N) is 3. The highest BCUT2D eigenvalue weighted by molar-refractivity contribution is 5.32. The number of benzene rings is 2. The van der Waals surface area contributed by atoms with Crippen molar-refractivity contribution >= 4 is 0 Å². The molecule has 0 saturated heterocycles. The lowest BCUT2D eigenvalue weighted by Crippen LogP contribution is -2.34. The first-order chi connectivity index (χ1) is 16.3. The Labute approximate surface area is 203 Å². The van der Waals surface area contributed by atoms with Crippen molar-refractivity contribution in [2.45, 2.75) is 53.2 Å². The van der Waals surface area contributed by atoms with Crippen LogP contribution in [-0.4, -0.2) is 46.4 Å². The molecule has 0 saturated carbocycles. The van der Waals surface area contributed by atoms with Crippen LogP contribution in [0, 0.1) is 5.41 Å². The van der Waals surface area contributed by atoms with E-state index >= 15 is 0 Å². The van der Waals surface area contributed by atoms with Gasteiger partial charge in [0.15, 0.2) is 0 Å². The predicted octanol–water partition coefficient (Wildman–Crippen LogP) is 4.46. The van der Waals surface area contributed by atoms with Crippen molar-refractivity contribution < 1.29 is 14.6 Å². The number of aliphatic hydroxyl groups excluding tert-OH is 1. The average Bonchev–Trinajstić information content (AvgIpc) is 3.14. The molecule has 182 valence electrons. The van der Waals surface area contributed by atoms with Gasteiger partial charge in [0.2, 0.25) is 0 Å². The molecule has 6 heteroatoms. The predicted molar refractivity (Wildman–Crippen MR) is 134 cm³/mol. The van der Waals surface area contributed by atoms with Crippen LogP contribution in [0.2, 0.25) is 0 Å². The molecule has 0 atom stereocenters. The van der Waals surface area contributed by atoms with Crippen molar-refractivity contribution in [3.05, 3.63) is 76.9 Å². The first kappa shape index (κ1) is 24.3. The van der Waals surface area contributed by atoms with E-state index in [2.05, 4.69) is 54.5 Å². The third-order valence-corrected chi connectivity index (χ3v) is 6.16. The minimum atomic E-state index is 0.0271. The van der Waals surface area contributed by atoms with Crippen LogP contribution in [0.3, 0.4) is 0 Å². The van der Waals surface area contributed by atoms with E-state index in [1.165, 1.54) is 28.3 Å². The smallest absolute Gasteiger partial charge is 0.119 e. The average molecular weight is 464 g/mol. The van der Waals surface area contributed by atoms with Gasteiger partial charge in [0.05, 0.1) is 25.1 Å². The van der Waals surface area contributed by atoms with Crippen LogP contribution >= 0.6 is 0 Å². The highest BCUT2D eigenvalue weighted by Crippen LogP contribution is 2.28. The number of hydrogen-bond donors (Lipinski definition) is 1. The molecule has 0 fully saturated rings. The molecule has 2 aromatic carbocycles. The number of hydrogen-bond acceptors (Lipinski definition) is 5. The molecule has 0 aliphatic carbocycles. The van der Waals surface area contributed by atoms with Crippen LogP contribution in [0.4, 0.5) is 0 Å². The van der Waals surface area contributed by atoms with Crippen molar-refractivity contribution in [1.29, 1.82) is 0 Å². The van der Waals surface area contributed by atoms with Crippen LogP contribution in [0.1, 0.15) is 49.1 Å². The van der Waals surface area contributed by atoms with E-state index in [4.69, 9.17) is 19.6 Å². The fourth-order valence-corrected chi connectivity index (χ4v) is 4.50. The van der Waals surface area contributed by atoms with E-state index < -0.39 is 0 Å². The molecule has 0 bridgehead atoms. The topological polar surface area (TPSA) is 59.8 Å². The molecule has 0 radical (unpaired) electrons. The second kappa shape index (κ2) is 10.6. The van der Waals surface area contributed by atoms with Crippen molar-refractivity contribution in [1.82, 2.24) is 14.5 Å². The second-order valence-electron chi connectivity index (χ2n) is 10.3. The molecule has 0 spiro atoms. The lowest BCUT2D eigenvalue weighted by molar-refractivity contribution is 0.200. The Morgan fingerprint density at radius 3 is 2.26 bits per heavy atom. The van der Waals surface area contributed by atoms with Gasteiger partial charge in [-0.3, -0.25) is 4.90 Å². The van der Waals surface area contributed by atoms with Crippen LogP contribution < -0.4 is 9.47 Å². The summed E-state index contributed by atoms with van der Waals surface area (Å²) in [6.07, 6.45) is 1.80. The third-order valence-electron chi connectivity index (χ3n) is 6.16. The van der Waals surface area contributed by atoms with E-state index in [0.717, 1.165) is 50.5 Å². The van der Waals surface area contributed by atoms with E-state index in [1.54, 1.807) is 7.11 Å². The molecule has 1 aromatic heterocycles. The van der Waals surface area contributed by atoms with Crippen molar-refractivity contribution in [2.75, 3.05) is 26.9 Å². The minimum absolute atomic E-state index is 0.0271. The number of aliphatic hydroxyl groups is 1. The van der Waals surface area contributed by atoms with Crippen molar-refractivity contribution in [3.63, 3.8) is 0 Å². The van der Waals surface area contributed by atoms with Crippen LogP contribution in [-0.2, 0) is 32.5 Å². The zero-order chi connectivity index (χ0) is 24.1. The molecule has 2 heterocycles. The molecular weight excluding hydrogens is 426 g/mol. The summed E-state index contributed by atoms with van der Waals surface area (Å²) in [5.74, 6) is 2.88. The summed E-state index contributed by atoms with van der Waals surface area (Å²) in [7, 11) is 1.70. The van der Waals surface area contributed by atoms with Gasteiger partial charge in [-0.2, -0.15) is 0 Å². The van der Waals surface area contributed by atoms with Gasteiger partial charge in [0, 0.05) is 39.0 Å². The monoisotopic (exact) mass is 463 g/mol. The van der Waals surface area contributed by atoms with E-state index in [1.807, 2.05) is 24.3 Å². The molecule has 1 aliphatic rings. The van der Waals surface area contributed by atoms with Crippen LogP contribution in [0.5, 0.6) is 11.5 Å². The highest BCUT2D eigenvalue weighted by Gasteiger charge is 2.26. The fourth-order valence-electron chi connectivity index (χ4n) is 4.50. The largest absolute Gasteiger partial charge is 0.497 e. The van der Waals surface area contributed by atoms with Crippen LogP contribution in [0.25, 0.3) is 0 Å². The summed E-state index contributed by atoms with van der Waals surface area (Å²) >= 11 is 0. The van der Waals surface area contributed by atoms with Gasteiger partial charge in [-0.25, -0.2) is 4.98 Å². The van der Waals surface area contributed by atoms with Gasteiger partial charge in [-0.05, 0) is 40.8 Å². The van der Waals surface area contributed by atoms with E-state index in [0.29, 0.717) is 6.61 Å². The summed E-state index contributed by atoms with van der Waals surface area (Å²) in [6, 6.07) is 16.5. The second-order valence-corrected chi connectivity index (χ2v) is 10.3. The molecular formula is C28H37N3O3. The molecule has 3 aromatic rings. The number of imidazole rings is 1. The maximum Gasteiger partial charge on any atom is 0.119 e. The van der Waals surface area contributed by atoms with E-state index in [9.17, 15) is 0 Å². The lowest BCUT2D eigenvalue weighted by atomic mass is 9.92. The van der Waals surface area contributed by atoms with Gasteiger partial charge in [0.1, 0.15) is 23.9 Å². The Morgan fingerprint density at radius 1 is 0.941 bits per heavy atom. The zero-order valence-corrected chi connectivity index (χ0v) is 20.9. The Hall–Kier alpha value is -2.83. The normalized spacial score (nSPS) is 14.1. The standard InChI is InChI=1S/C28H37N3O3/c1-28(2,3)18-27-29-25(17-21-5-9-23(33-4)10-6-21)26-20-30(13-14-31(26)27)19-22-7-11-24(12-8-22)34-16-15-32/h5-12,32H,13-20H2,1-4H3. The number of rotatable bonds is 9. The van der Waals surface area contributed by atoms with Crippen molar-refractivity contribution in [3.8, 4) is 11.5 Å². The van der Waals surface area contributed by atoms with Crippen LogP contribution in [0.15, 0.2) is 48.5 Å². The fraction of sp³-hybridized carbons (Fsp3) is 0.464. The highest BCUT2D eigenvalue weighted by atomic mass is 16.5.